The van der Waals surface area contributed by atoms with E-state index < -0.39 is 0 Å². The van der Waals surface area contributed by atoms with Crippen molar-refractivity contribution in [2.24, 2.45) is 0 Å². The van der Waals surface area contributed by atoms with Crippen LogP contribution in [-0.4, -0.2) is 16.6 Å². The van der Waals surface area contributed by atoms with Crippen LogP contribution in [0.3, 0.4) is 0 Å². The van der Waals surface area contributed by atoms with Crippen LogP contribution >= 0.6 is 11.8 Å². The van der Waals surface area contributed by atoms with Gasteiger partial charge < -0.3 is 10.5 Å². The van der Waals surface area contributed by atoms with Crippen molar-refractivity contribution in [3.8, 4) is 0 Å². The summed E-state index contributed by atoms with van der Waals surface area (Å²) in [4.78, 5) is 16.3. The number of thioether (sulfide) groups is 1. The third-order valence-corrected chi connectivity index (χ3v) is 4.03. The zero-order valence-corrected chi connectivity index (χ0v) is 12.4. The number of anilines is 1. The van der Waals surface area contributed by atoms with Gasteiger partial charge in [0.15, 0.2) is 6.20 Å². The first-order valence-electron chi connectivity index (χ1n) is 6.68. The molecule has 0 unspecified atom stereocenters. The number of aromatic nitrogens is 2. The summed E-state index contributed by atoms with van der Waals surface area (Å²) in [5, 5.41) is 15.7. The molecule has 0 radical (unpaired) electrons. The minimum atomic E-state index is -0.175. The Morgan fingerprint density at radius 3 is 2.91 bits per heavy atom. The standard InChI is InChI=1S/C16H13N3O2S/c20-15(11-22-16-7-3-4-8-19(16)21)18-13-9-12-5-1-2-6-14(12)17-10-13/h1-10H,11H2,(H,18,20). The predicted octanol–water partition coefficient (Wildman–Crippen LogP) is 2.60. The van der Waals surface area contributed by atoms with Gasteiger partial charge in [-0.25, -0.2) is 0 Å². The number of hydrogen-bond acceptors (Lipinski definition) is 4. The Labute approximate surface area is 131 Å². The molecule has 0 spiro atoms. The number of rotatable bonds is 4. The lowest BCUT2D eigenvalue weighted by molar-refractivity contribution is -0.645. The van der Waals surface area contributed by atoms with Crippen molar-refractivity contribution in [3.05, 3.63) is 66.1 Å². The van der Waals surface area contributed by atoms with Gasteiger partial charge in [-0.15, -0.1) is 0 Å². The van der Waals surface area contributed by atoms with Crippen LogP contribution in [0.4, 0.5) is 5.69 Å². The highest BCUT2D eigenvalue weighted by Gasteiger charge is 2.09. The highest BCUT2D eigenvalue weighted by molar-refractivity contribution is 7.99. The number of hydrogen-bond donors (Lipinski definition) is 1. The molecule has 22 heavy (non-hydrogen) atoms. The van der Waals surface area contributed by atoms with Gasteiger partial charge in [0.2, 0.25) is 5.91 Å². The summed E-state index contributed by atoms with van der Waals surface area (Å²) in [5.41, 5.74) is 1.53. The van der Waals surface area contributed by atoms with E-state index in [1.807, 2.05) is 30.3 Å². The van der Waals surface area contributed by atoms with Crippen LogP contribution in [0.5, 0.6) is 0 Å². The van der Waals surface area contributed by atoms with E-state index in [0.29, 0.717) is 10.7 Å². The van der Waals surface area contributed by atoms with Crippen LogP contribution in [0.2, 0.25) is 0 Å². The zero-order chi connectivity index (χ0) is 15.4. The lowest BCUT2D eigenvalue weighted by Crippen LogP contribution is -2.28. The second-order valence-electron chi connectivity index (χ2n) is 4.62. The second kappa shape index (κ2) is 6.44. The van der Waals surface area contributed by atoms with Crippen LogP contribution < -0.4 is 10.0 Å². The van der Waals surface area contributed by atoms with Crippen molar-refractivity contribution in [1.82, 2.24) is 4.98 Å². The third kappa shape index (κ3) is 3.35. The molecule has 0 aliphatic carbocycles. The Balaban J connectivity index is 1.64. The molecule has 0 aliphatic heterocycles. The smallest absolute Gasteiger partial charge is 0.251 e. The lowest BCUT2D eigenvalue weighted by Gasteiger charge is -2.06. The number of nitrogens with one attached hydrogen (secondary N) is 1. The van der Waals surface area contributed by atoms with Crippen LogP contribution in [-0.2, 0) is 4.79 Å². The van der Waals surface area contributed by atoms with Gasteiger partial charge in [0.1, 0.15) is 0 Å². The molecule has 1 amide bonds. The van der Waals surface area contributed by atoms with Gasteiger partial charge in [0, 0.05) is 17.5 Å². The van der Waals surface area contributed by atoms with E-state index in [9.17, 15) is 10.0 Å². The molecule has 1 N–H and O–H groups in total. The second-order valence-corrected chi connectivity index (χ2v) is 5.61. The highest BCUT2D eigenvalue weighted by Crippen LogP contribution is 2.17. The zero-order valence-electron chi connectivity index (χ0n) is 11.6. The van der Waals surface area contributed by atoms with E-state index in [1.54, 1.807) is 24.4 Å². The van der Waals surface area contributed by atoms with Crippen molar-refractivity contribution < 1.29 is 9.52 Å². The number of benzene rings is 1. The van der Waals surface area contributed by atoms with E-state index in [4.69, 9.17) is 0 Å². The molecule has 0 atom stereocenters. The number of carbonyl (C=O) groups excluding carboxylic acids is 1. The van der Waals surface area contributed by atoms with Crippen molar-refractivity contribution in [2.75, 3.05) is 11.1 Å². The Kier molecular flexibility index (Phi) is 4.20. The minimum Gasteiger partial charge on any atom is -0.618 e. The lowest BCUT2D eigenvalue weighted by atomic mass is 10.2. The largest absolute Gasteiger partial charge is 0.618 e. The first-order valence-corrected chi connectivity index (χ1v) is 7.66. The summed E-state index contributed by atoms with van der Waals surface area (Å²) in [7, 11) is 0. The SMILES string of the molecule is O=C(CSc1cccc[n+]1[O-])Nc1cnc2ccccc2c1. The van der Waals surface area contributed by atoms with E-state index in [0.717, 1.165) is 15.6 Å². The molecule has 5 nitrogen and oxygen atoms in total. The fraction of sp³-hybridized carbons (Fsp3) is 0.0625. The quantitative estimate of drug-likeness (QED) is 0.457. The number of amides is 1. The van der Waals surface area contributed by atoms with E-state index in [1.165, 1.54) is 18.0 Å². The van der Waals surface area contributed by atoms with Crippen molar-refractivity contribution in [3.63, 3.8) is 0 Å². The monoisotopic (exact) mass is 311 g/mol. The molecule has 1 aromatic carbocycles. The highest BCUT2D eigenvalue weighted by atomic mass is 32.2. The van der Waals surface area contributed by atoms with Gasteiger partial charge in [0.05, 0.1) is 23.2 Å². The molecule has 0 saturated carbocycles. The molecule has 3 aromatic rings. The average molecular weight is 311 g/mol. The number of fused-ring (bicyclic) bond motifs is 1. The maximum atomic E-state index is 12.0. The van der Waals surface area contributed by atoms with E-state index in [-0.39, 0.29) is 11.7 Å². The molecule has 2 heterocycles. The Morgan fingerprint density at radius 2 is 2.05 bits per heavy atom. The molecule has 0 aliphatic rings. The van der Waals surface area contributed by atoms with Crippen molar-refractivity contribution >= 4 is 34.3 Å². The van der Waals surface area contributed by atoms with E-state index in [2.05, 4.69) is 10.3 Å². The molecule has 0 bridgehead atoms. The Morgan fingerprint density at radius 1 is 1.23 bits per heavy atom. The Bertz CT molecular complexity index is 823. The number of para-hydroxylation sites is 1. The fourth-order valence-electron chi connectivity index (χ4n) is 2.00. The summed E-state index contributed by atoms with van der Waals surface area (Å²) >= 11 is 1.20. The van der Waals surface area contributed by atoms with E-state index >= 15 is 0 Å². The molecular formula is C16H13N3O2S. The van der Waals surface area contributed by atoms with Crippen LogP contribution in [0.15, 0.2) is 66.0 Å². The number of carbonyl (C=O) groups is 1. The normalized spacial score (nSPS) is 10.5. The summed E-state index contributed by atoms with van der Waals surface area (Å²) in [6.07, 6.45) is 3.04. The van der Waals surface area contributed by atoms with Crippen LogP contribution in [0, 0.1) is 5.21 Å². The number of pyridine rings is 2. The molecule has 6 heteroatoms. The maximum Gasteiger partial charge on any atom is 0.251 e. The molecule has 0 fully saturated rings. The van der Waals surface area contributed by atoms with Crippen LogP contribution in [0.25, 0.3) is 10.9 Å². The first kappa shape index (κ1) is 14.3. The Hall–Kier alpha value is -2.60. The van der Waals surface area contributed by atoms with Gasteiger partial charge >= 0.3 is 0 Å². The summed E-state index contributed by atoms with van der Waals surface area (Å²) < 4.78 is 0.746. The topological polar surface area (TPSA) is 68.9 Å². The molecule has 3 rings (SSSR count). The summed E-state index contributed by atoms with van der Waals surface area (Å²) in [6.45, 7) is 0. The van der Waals surface area contributed by atoms with Crippen LogP contribution in [0.1, 0.15) is 0 Å². The molecular weight excluding hydrogens is 298 g/mol. The number of nitrogens with zero attached hydrogens (tertiary/aromatic N) is 2. The van der Waals surface area contributed by atoms with Crippen molar-refractivity contribution in [1.29, 1.82) is 0 Å². The minimum absolute atomic E-state index is 0.166. The summed E-state index contributed by atoms with van der Waals surface area (Å²) in [6, 6.07) is 14.7. The fourth-order valence-corrected chi connectivity index (χ4v) is 2.71. The maximum absolute atomic E-state index is 12.0. The molecule has 110 valence electrons. The first-order chi connectivity index (χ1) is 10.7. The third-order valence-electron chi connectivity index (χ3n) is 3.01. The van der Waals surface area contributed by atoms with Gasteiger partial charge in [-0.2, -0.15) is 4.73 Å². The summed E-state index contributed by atoms with van der Waals surface area (Å²) in [5.74, 6) is -0.00931. The predicted molar refractivity (Wildman–Crippen MR) is 86.5 cm³/mol. The molecule has 2 aromatic heterocycles. The van der Waals surface area contributed by atoms with Gasteiger partial charge in [-0.05, 0) is 30.0 Å². The van der Waals surface area contributed by atoms with Crippen molar-refractivity contribution in [2.45, 2.75) is 5.03 Å². The van der Waals surface area contributed by atoms with Gasteiger partial charge in [0.25, 0.3) is 5.03 Å². The van der Waals surface area contributed by atoms with Gasteiger partial charge in [-0.1, -0.05) is 18.2 Å². The molecule has 0 saturated heterocycles. The van der Waals surface area contributed by atoms with Gasteiger partial charge in [-0.3, -0.25) is 9.78 Å². The average Bonchev–Trinajstić information content (AvgIpc) is 2.54.